The zero-order valence-corrected chi connectivity index (χ0v) is 12.7. The summed E-state index contributed by atoms with van der Waals surface area (Å²) >= 11 is 1.72. The molecule has 0 spiro atoms. The van der Waals surface area contributed by atoms with Crippen LogP contribution in [0.2, 0.25) is 0 Å². The number of nitrogens with zero attached hydrogens (tertiary/aromatic N) is 3. The van der Waals surface area contributed by atoms with E-state index in [2.05, 4.69) is 47.4 Å². The molecule has 0 aliphatic heterocycles. The van der Waals surface area contributed by atoms with Crippen molar-refractivity contribution in [3.8, 4) is 0 Å². The van der Waals surface area contributed by atoms with Crippen molar-refractivity contribution in [2.45, 2.75) is 25.0 Å². The summed E-state index contributed by atoms with van der Waals surface area (Å²) in [5.41, 5.74) is 3.98. The second-order valence-corrected chi connectivity index (χ2v) is 5.67. The second-order valence-electron chi connectivity index (χ2n) is 4.68. The molecular weight excluding hydrogens is 256 g/mol. The summed E-state index contributed by atoms with van der Waals surface area (Å²) in [6.45, 7) is 4.29. The molecule has 1 N–H and O–H groups in total. The van der Waals surface area contributed by atoms with Gasteiger partial charge in [-0.05, 0) is 32.0 Å². The number of hydrogen-bond acceptors (Lipinski definition) is 4. The fourth-order valence-electron chi connectivity index (χ4n) is 2.12. The molecule has 19 heavy (non-hydrogen) atoms. The Labute approximate surface area is 118 Å². The van der Waals surface area contributed by atoms with Gasteiger partial charge in [-0.1, -0.05) is 35.5 Å². The molecule has 0 saturated carbocycles. The lowest BCUT2D eigenvalue weighted by Crippen LogP contribution is -2.20. The standard InChI is InChI=1S/C14H20N4S/c1-10-5-6-12(11(2)7-10)13(15-3)8-19-14-16-9-17-18(14)4/h5-7,9,13,15H,8H2,1-4H3. The van der Waals surface area contributed by atoms with E-state index in [1.807, 2.05) is 14.1 Å². The second kappa shape index (κ2) is 6.21. The van der Waals surface area contributed by atoms with Gasteiger partial charge in [-0.3, -0.25) is 0 Å². The number of nitrogens with one attached hydrogen (secondary N) is 1. The fraction of sp³-hybridized carbons (Fsp3) is 0.429. The zero-order chi connectivity index (χ0) is 13.8. The van der Waals surface area contributed by atoms with Gasteiger partial charge in [0.25, 0.3) is 0 Å². The van der Waals surface area contributed by atoms with Crippen LogP contribution in [0.1, 0.15) is 22.7 Å². The average molecular weight is 276 g/mol. The van der Waals surface area contributed by atoms with Gasteiger partial charge >= 0.3 is 0 Å². The summed E-state index contributed by atoms with van der Waals surface area (Å²) in [6.07, 6.45) is 1.59. The van der Waals surface area contributed by atoms with Gasteiger partial charge in [0, 0.05) is 18.8 Å². The van der Waals surface area contributed by atoms with Gasteiger partial charge in [0.15, 0.2) is 5.16 Å². The lowest BCUT2D eigenvalue weighted by atomic mass is 10.0. The van der Waals surface area contributed by atoms with Gasteiger partial charge in [0.05, 0.1) is 0 Å². The highest BCUT2D eigenvalue weighted by Gasteiger charge is 2.13. The Hall–Kier alpha value is -1.33. The maximum atomic E-state index is 4.24. The molecule has 0 aliphatic rings. The van der Waals surface area contributed by atoms with E-state index in [0.717, 1.165) is 10.9 Å². The minimum Gasteiger partial charge on any atom is -0.312 e. The Morgan fingerprint density at radius 3 is 2.74 bits per heavy atom. The maximum Gasteiger partial charge on any atom is 0.185 e. The highest BCUT2D eigenvalue weighted by atomic mass is 32.2. The largest absolute Gasteiger partial charge is 0.312 e. The van der Waals surface area contributed by atoms with Crippen LogP contribution in [0.5, 0.6) is 0 Å². The van der Waals surface area contributed by atoms with Crippen molar-refractivity contribution in [1.82, 2.24) is 20.1 Å². The molecule has 1 heterocycles. The van der Waals surface area contributed by atoms with Gasteiger partial charge in [-0.2, -0.15) is 5.10 Å². The van der Waals surface area contributed by atoms with Crippen molar-refractivity contribution in [3.63, 3.8) is 0 Å². The van der Waals surface area contributed by atoms with Crippen LogP contribution >= 0.6 is 11.8 Å². The van der Waals surface area contributed by atoms with Crippen LogP contribution in [0.25, 0.3) is 0 Å². The summed E-state index contributed by atoms with van der Waals surface area (Å²) in [4.78, 5) is 4.24. The number of aromatic nitrogens is 3. The number of hydrogen-bond donors (Lipinski definition) is 1. The lowest BCUT2D eigenvalue weighted by molar-refractivity contribution is 0.650. The normalized spacial score (nSPS) is 12.6. The van der Waals surface area contributed by atoms with Crippen LogP contribution in [0, 0.1) is 13.8 Å². The summed E-state index contributed by atoms with van der Waals surface area (Å²) in [5.74, 6) is 0.937. The topological polar surface area (TPSA) is 42.7 Å². The molecule has 0 fully saturated rings. The van der Waals surface area contributed by atoms with Crippen LogP contribution in [0.15, 0.2) is 29.7 Å². The van der Waals surface area contributed by atoms with Gasteiger partial charge in [0.2, 0.25) is 0 Å². The van der Waals surface area contributed by atoms with Gasteiger partial charge in [0.1, 0.15) is 6.33 Å². The first-order valence-electron chi connectivity index (χ1n) is 6.33. The molecule has 4 nitrogen and oxygen atoms in total. The average Bonchev–Trinajstić information content (AvgIpc) is 2.78. The third-order valence-electron chi connectivity index (χ3n) is 3.20. The van der Waals surface area contributed by atoms with Crippen LogP contribution < -0.4 is 5.32 Å². The van der Waals surface area contributed by atoms with Crippen LogP contribution in [0.4, 0.5) is 0 Å². The number of aryl methyl sites for hydroxylation is 3. The van der Waals surface area contributed by atoms with Gasteiger partial charge in [-0.15, -0.1) is 0 Å². The molecule has 0 bridgehead atoms. The van der Waals surface area contributed by atoms with E-state index in [0.29, 0.717) is 6.04 Å². The van der Waals surface area contributed by atoms with E-state index in [4.69, 9.17) is 0 Å². The molecule has 5 heteroatoms. The molecule has 2 aromatic rings. The molecule has 1 aromatic heterocycles. The third kappa shape index (κ3) is 3.36. The van der Waals surface area contributed by atoms with E-state index in [-0.39, 0.29) is 0 Å². The van der Waals surface area contributed by atoms with Crippen molar-refractivity contribution in [2.24, 2.45) is 7.05 Å². The minimum atomic E-state index is 0.322. The first-order valence-corrected chi connectivity index (χ1v) is 7.31. The summed E-state index contributed by atoms with van der Waals surface area (Å²) < 4.78 is 1.80. The number of benzene rings is 1. The maximum absolute atomic E-state index is 4.24. The first-order chi connectivity index (χ1) is 9.11. The highest BCUT2D eigenvalue weighted by molar-refractivity contribution is 7.99. The van der Waals surface area contributed by atoms with E-state index >= 15 is 0 Å². The fourth-order valence-corrected chi connectivity index (χ4v) is 3.14. The summed E-state index contributed by atoms with van der Waals surface area (Å²) in [5, 5.41) is 8.42. The molecule has 0 radical (unpaired) electrons. The Morgan fingerprint density at radius 1 is 1.37 bits per heavy atom. The third-order valence-corrected chi connectivity index (χ3v) is 4.33. The SMILES string of the molecule is CNC(CSc1ncnn1C)c1ccc(C)cc1C. The Balaban J connectivity index is 2.10. The smallest absolute Gasteiger partial charge is 0.185 e. The van der Waals surface area contributed by atoms with Gasteiger partial charge in [-0.25, -0.2) is 9.67 Å². The van der Waals surface area contributed by atoms with Crippen molar-refractivity contribution < 1.29 is 0 Å². The zero-order valence-electron chi connectivity index (χ0n) is 11.8. The molecule has 0 aliphatic carbocycles. The molecule has 1 atom stereocenters. The predicted octanol–water partition coefficient (Wildman–Crippen LogP) is 2.48. The monoisotopic (exact) mass is 276 g/mol. The quantitative estimate of drug-likeness (QED) is 0.852. The molecule has 1 aromatic carbocycles. The van der Waals surface area contributed by atoms with Crippen LogP contribution in [-0.2, 0) is 7.05 Å². The van der Waals surface area contributed by atoms with Crippen molar-refractivity contribution in [3.05, 3.63) is 41.2 Å². The predicted molar refractivity (Wildman–Crippen MR) is 79.4 cm³/mol. The van der Waals surface area contributed by atoms with Crippen LogP contribution in [0.3, 0.4) is 0 Å². The molecule has 0 saturated heterocycles. The van der Waals surface area contributed by atoms with Crippen molar-refractivity contribution >= 4 is 11.8 Å². The Bertz CT molecular complexity index is 550. The van der Waals surface area contributed by atoms with E-state index in [1.54, 1.807) is 22.8 Å². The number of thioether (sulfide) groups is 1. The van der Waals surface area contributed by atoms with Gasteiger partial charge < -0.3 is 5.32 Å². The van der Waals surface area contributed by atoms with Crippen molar-refractivity contribution in [2.75, 3.05) is 12.8 Å². The Kier molecular flexibility index (Phi) is 4.61. The number of rotatable bonds is 5. The molecule has 2 rings (SSSR count). The molecular formula is C14H20N4S. The first kappa shape index (κ1) is 14.1. The lowest BCUT2D eigenvalue weighted by Gasteiger charge is -2.18. The summed E-state index contributed by atoms with van der Waals surface area (Å²) in [6, 6.07) is 6.93. The van der Waals surface area contributed by atoms with E-state index in [1.165, 1.54) is 16.7 Å². The molecule has 0 amide bonds. The van der Waals surface area contributed by atoms with Crippen LogP contribution in [-0.4, -0.2) is 27.6 Å². The Morgan fingerprint density at radius 2 is 2.16 bits per heavy atom. The highest BCUT2D eigenvalue weighted by Crippen LogP contribution is 2.25. The van der Waals surface area contributed by atoms with Crippen molar-refractivity contribution in [1.29, 1.82) is 0 Å². The molecule has 1 unspecified atom stereocenters. The molecule has 102 valence electrons. The van der Waals surface area contributed by atoms with E-state index in [9.17, 15) is 0 Å². The minimum absolute atomic E-state index is 0.322. The summed E-state index contributed by atoms with van der Waals surface area (Å²) in [7, 11) is 3.92. The van der Waals surface area contributed by atoms with E-state index < -0.39 is 0 Å².